The van der Waals surface area contributed by atoms with Crippen molar-refractivity contribution in [3.63, 3.8) is 0 Å². The number of rotatable bonds is 13. The van der Waals surface area contributed by atoms with Crippen LogP contribution in [0.1, 0.15) is 64.4 Å². The summed E-state index contributed by atoms with van der Waals surface area (Å²) in [4.78, 5) is 40.0. The summed E-state index contributed by atoms with van der Waals surface area (Å²) in [6.07, 6.45) is 6.52. The summed E-state index contributed by atoms with van der Waals surface area (Å²) in [6, 6.07) is 6.83. The molecule has 2 aromatic rings. The molecule has 0 amide bonds. The number of hydrogen-bond donors (Lipinski definition) is 0. The van der Waals surface area contributed by atoms with Gasteiger partial charge in [0.15, 0.2) is 6.29 Å². The van der Waals surface area contributed by atoms with Gasteiger partial charge in [-0.2, -0.15) is 0 Å². The number of aldehydes is 1. The molecule has 0 spiro atoms. The molecule has 0 aliphatic carbocycles. The minimum Gasteiger partial charge on any atom is -0.850 e. The van der Waals surface area contributed by atoms with Gasteiger partial charge in [0.1, 0.15) is 6.16 Å². The summed E-state index contributed by atoms with van der Waals surface area (Å²) >= 11 is 0. The number of aromatic nitrogens is 2. The molecular weight excluding hydrogens is 634 g/mol. The van der Waals surface area contributed by atoms with E-state index in [-0.39, 0.29) is 83.3 Å². The van der Waals surface area contributed by atoms with E-state index in [2.05, 4.69) is 14.7 Å². The van der Waals surface area contributed by atoms with E-state index in [4.69, 9.17) is 23.3 Å². The second-order valence-electron chi connectivity index (χ2n) is 8.99. The Morgan fingerprint density at radius 2 is 1.27 bits per heavy atom. The predicted molar refractivity (Wildman–Crippen MR) is 165 cm³/mol. The molecule has 0 saturated heterocycles. The van der Waals surface area contributed by atoms with Crippen LogP contribution in [0, 0.1) is 0 Å². The van der Waals surface area contributed by atoms with Crippen molar-refractivity contribution < 1.29 is 103 Å². The van der Waals surface area contributed by atoms with Crippen LogP contribution < -0.4 is 66.0 Å². The van der Waals surface area contributed by atoms with E-state index < -0.39 is 19.2 Å². The van der Waals surface area contributed by atoms with E-state index in [0.29, 0.717) is 23.9 Å². The molecule has 2 rings (SSSR count). The van der Waals surface area contributed by atoms with Gasteiger partial charge in [-0.3, -0.25) is 14.2 Å². The van der Waals surface area contributed by atoms with E-state index in [1.807, 2.05) is 6.07 Å². The Kier molecular flexibility index (Phi) is 29.7. The van der Waals surface area contributed by atoms with E-state index >= 15 is 0 Å². The van der Waals surface area contributed by atoms with Gasteiger partial charge in [-0.05, 0) is 51.5 Å². The van der Waals surface area contributed by atoms with Gasteiger partial charge >= 0.3 is 70.9 Å². The van der Waals surface area contributed by atoms with Crippen molar-refractivity contribution in [1.82, 2.24) is 9.97 Å². The minimum atomic E-state index is -3.28. The molecule has 248 valence electrons. The van der Waals surface area contributed by atoms with Crippen LogP contribution in [0.15, 0.2) is 42.7 Å². The van der Waals surface area contributed by atoms with Gasteiger partial charge < -0.3 is 33.1 Å². The maximum absolute atomic E-state index is 11.8. The molecule has 2 heterocycles. The molecule has 0 aliphatic heterocycles. The number of esters is 2. The maximum Gasteiger partial charge on any atom is 1.00 e. The molecule has 15 heteroatoms. The van der Waals surface area contributed by atoms with Gasteiger partial charge in [0.05, 0.1) is 40.6 Å². The number of carbonyl (C=O) groups excluding carboxylic acids is 3. The van der Waals surface area contributed by atoms with Crippen LogP contribution in [0.25, 0.3) is 6.08 Å². The standard InChI is InChI=1S/C11H13NO3.C8H17O5P.C7H7NO2.C4H9O.K/c1-3-15-11(13)7-5-9-4-6-10(14-2)12-8-9;1-4-11-8(9)7-14(10,12-5-2)13-6-3;1-10-7-3-2-6(5-9)4-8-7;1-4(2,3)5;/h4-8H,3H2,1-2H3;4-7H2,1-3H3;2-5H,1H3;1-3H3;/q;;;-1;+1. The van der Waals surface area contributed by atoms with Gasteiger partial charge in [0.2, 0.25) is 11.8 Å². The predicted octanol–water partition coefficient (Wildman–Crippen LogP) is 1.53. The van der Waals surface area contributed by atoms with E-state index in [0.717, 1.165) is 11.8 Å². The van der Waals surface area contributed by atoms with Crippen LogP contribution >= 0.6 is 7.60 Å². The molecular formula is C30H46KN2O11P. The number of carbonyl (C=O) groups is 3. The average molecular weight is 681 g/mol. The Balaban J connectivity index is -0.000000548. The first-order valence-electron chi connectivity index (χ1n) is 13.7. The molecule has 13 nitrogen and oxygen atoms in total. The molecule has 0 N–H and O–H groups in total. The Bertz CT molecular complexity index is 1120. The molecule has 0 aliphatic rings. The third-order valence-corrected chi connectivity index (χ3v) is 6.00. The second kappa shape index (κ2) is 28.2. The van der Waals surface area contributed by atoms with Gasteiger partial charge in [-0.15, -0.1) is 5.60 Å². The van der Waals surface area contributed by atoms with E-state index in [1.165, 1.54) is 19.4 Å². The number of ether oxygens (including phenoxy) is 4. The van der Waals surface area contributed by atoms with Crippen LogP contribution in [0.3, 0.4) is 0 Å². The molecule has 0 fully saturated rings. The Hall–Kier alpha value is -2.00. The van der Waals surface area contributed by atoms with Crippen molar-refractivity contribution in [2.45, 2.75) is 54.1 Å². The fourth-order valence-electron chi connectivity index (χ4n) is 2.43. The Morgan fingerprint density at radius 1 is 0.822 bits per heavy atom. The van der Waals surface area contributed by atoms with Crippen molar-refractivity contribution in [1.29, 1.82) is 0 Å². The number of pyridine rings is 2. The zero-order valence-electron chi connectivity index (χ0n) is 28.1. The first kappa shape index (κ1) is 47.4. The summed E-state index contributed by atoms with van der Waals surface area (Å²) in [5.41, 5.74) is 0.629. The van der Waals surface area contributed by atoms with E-state index in [9.17, 15) is 24.1 Å². The van der Waals surface area contributed by atoms with Crippen LogP contribution in [-0.4, -0.2) is 80.6 Å². The average Bonchev–Trinajstić information content (AvgIpc) is 2.96. The summed E-state index contributed by atoms with van der Waals surface area (Å²) in [7, 11) is -0.197. The van der Waals surface area contributed by atoms with Gasteiger partial charge in [-0.1, -0.05) is 20.8 Å². The van der Waals surface area contributed by atoms with Crippen molar-refractivity contribution >= 4 is 31.9 Å². The Labute approximate surface area is 309 Å². The van der Waals surface area contributed by atoms with Crippen molar-refractivity contribution in [2.75, 3.05) is 46.8 Å². The zero-order chi connectivity index (χ0) is 34.0. The van der Waals surface area contributed by atoms with Gasteiger partial charge in [-0.25, -0.2) is 14.8 Å². The Morgan fingerprint density at radius 3 is 1.60 bits per heavy atom. The number of hydrogen-bond acceptors (Lipinski definition) is 13. The van der Waals surface area contributed by atoms with Crippen molar-refractivity contribution in [2.24, 2.45) is 0 Å². The molecule has 45 heavy (non-hydrogen) atoms. The fraction of sp³-hybridized carbons (Fsp3) is 0.500. The second-order valence-corrected chi connectivity index (χ2v) is 11.0. The van der Waals surface area contributed by atoms with E-state index in [1.54, 1.807) is 86.0 Å². The topological polar surface area (TPSA) is 172 Å². The summed E-state index contributed by atoms with van der Waals surface area (Å²) in [5, 5.41) is 10.1. The fourth-order valence-corrected chi connectivity index (χ4v) is 3.89. The first-order chi connectivity index (χ1) is 20.7. The van der Waals surface area contributed by atoms with Crippen LogP contribution in [0.5, 0.6) is 11.8 Å². The van der Waals surface area contributed by atoms with Crippen LogP contribution in [0.2, 0.25) is 0 Å². The smallest absolute Gasteiger partial charge is 0.850 e. The number of nitrogens with zero attached hydrogens (tertiary/aromatic N) is 2. The molecule has 0 unspecified atom stereocenters. The number of methoxy groups -OCH3 is 2. The zero-order valence-corrected chi connectivity index (χ0v) is 32.1. The first-order valence-corrected chi connectivity index (χ1v) is 15.5. The third-order valence-electron chi connectivity index (χ3n) is 4.05. The van der Waals surface area contributed by atoms with Crippen LogP contribution in [0.4, 0.5) is 0 Å². The summed E-state index contributed by atoms with van der Waals surface area (Å²) in [5.74, 6) is 0.153. The molecule has 0 atom stereocenters. The molecule has 0 saturated carbocycles. The molecule has 2 aromatic heterocycles. The van der Waals surface area contributed by atoms with Crippen molar-refractivity contribution in [3.05, 3.63) is 53.9 Å². The summed E-state index contributed by atoms with van der Waals surface area (Å²) < 4.78 is 40.7. The third kappa shape index (κ3) is 29.2. The van der Waals surface area contributed by atoms with Crippen LogP contribution in [-0.2, 0) is 32.7 Å². The minimum absolute atomic E-state index is 0. The van der Waals surface area contributed by atoms with Gasteiger partial charge in [0, 0.05) is 36.2 Å². The maximum atomic E-state index is 11.8. The molecule has 0 bridgehead atoms. The SMILES string of the molecule is CC(C)(C)[O-].CCOC(=O)C=Cc1ccc(OC)nc1.CCOC(=O)CP(=O)(OCC)OCC.COc1ccc(C=O)cn1.[K+]. The quantitative estimate of drug-likeness (QED) is 0.0981. The summed E-state index contributed by atoms with van der Waals surface area (Å²) in [6.45, 7) is 12.9. The van der Waals surface area contributed by atoms with Gasteiger partial charge in [0.25, 0.3) is 0 Å². The largest absolute Gasteiger partial charge is 1.00 e. The molecule has 0 aromatic carbocycles. The van der Waals surface area contributed by atoms with Crippen molar-refractivity contribution in [3.8, 4) is 11.8 Å². The normalized spacial score (nSPS) is 10.3. The monoisotopic (exact) mass is 680 g/mol. The molecule has 0 radical (unpaired) electrons.